The van der Waals surface area contributed by atoms with Crippen LogP contribution < -0.4 is 11.3 Å². The number of nitrogens with two attached hydrogens (primary N) is 1. The molecule has 0 aliphatic rings. The number of nitrogen functional groups attached to an aromatic ring is 1. The van der Waals surface area contributed by atoms with Crippen LogP contribution in [0.2, 0.25) is 0 Å². The lowest BCUT2D eigenvalue weighted by molar-refractivity contribution is 0.439. The molecule has 2 aromatic rings. The summed E-state index contributed by atoms with van der Waals surface area (Å²) in [4.78, 5) is 4.35. The SMILES string of the molecule is CCc1cc(NN)c2c(CC)noc2n1. The Morgan fingerprint density at radius 3 is 2.80 bits per heavy atom. The van der Waals surface area contributed by atoms with Gasteiger partial charge in [-0.25, -0.2) is 4.98 Å². The number of aromatic nitrogens is 2. The molecule has 0 spiro atoms. The van der Waals surface area contributed by atoms with Crippen molar-refractivity contribution in [1.82, 2.24) is 10.1 Å². The molecule has 0 saturated heterocycles. The minimum absolute atomic E-state index is 0.555. The van der Waals surface area contributed by atoms with Crippen LogP contribution in [-0.4, -0.2) is 10.1 Å². The van der Waals surface area contributed by atoms with Crippen LogP contribution in [0, 0.1) is 0 Å². The normalized spacial score (nSPS) is 10.9. The van der Waals surface area contributed by atoms with Crippen molar-refractivity contribution >= 4 is 16.8 Å². The molecule has 15 heavy (non-hydrogen) atoms. The number of nitrogens with one attached hydrogen (secondary N) is 1. The summed E-state index contributed by atoms with van der Waals surface area (Å²) in [5.74, 6) is 5.48. The summed E-state index contributed by atoms with van der Waals surface area (Å²) in [6, 6.07) is 1.93. The Balaban J connectivity index is 2.72. The molecule has 0 bridgehead atoms. The van der Waals surface area contributed by atoms with E-state index in [1.165, 1.54) is 0 Å². The number of hydrogen-bond donors (Lipinski definition) is 2. The van der Waals surface area contributed by atoms with Crippen molar-refractivity contribution in [3.8, 4) is 0 Å². The molecule has 0 atom stereocenters. The fourth-order valence-corrected chi connectivity index (χ4v) is 1.60. The minimum atomic E-state index is 0.555. The van der Waals surface area contributed by atoms with Crippen LogP contribution in [0.4, 0.5) is 5.69 Å². The van der Waals surface area contributed by atoms with Gasteiger partial charge in [-0.1, -0.05) is 19.0 Å². The first kappa shape index (κ1) is 9.92. The standard InChI is InChI=1S/C10H14N4O/c1-3-6-5-8(13-11)9-7(4-2)14-15-10(9)12-6/h5H,3-4,11H2,1-2H3,(H,12,13). The molecule has 0 aliphatic carbocycles. The average molecular weight is 206 g/mol. The van der Waals surface area contributed by atoms with Crippen LogP contribution >= 0.6 is 0 Å². The third kappa shape index (κ3) is 1.55. The lowest BCUT2D eigenvalue weighted by Crippen LogP contribution is -2.08. The summed E-state index contributed by atoms with van der Waals surface area (Å²) in [5.41, 5.74) is 5.87. The zero-order valence-electron chi connectivity index (χ0n) is 8.87. The molecule has 2 aromatic heterocycles. The van der Waals surface area contributed by atoms with E-state index >= 15 is 0 Å². The Kier molecular flexibility index (Phi) is 2.55. The number of rotatable bonds is 3. The van der Waals surface area contributed by atoms with E-state index < -0.39 is 0 Å². The molecule has 80 valence electrons. The van der Waals surface area contributed by atoms with Crippen molar-refractivity contribution in [2.45, 2.75) is 26.7 Å². The maximum atomic E-state index is 5.48. The van der Waals surface area contributed by atoms with Crippen LogP contribution in [0.15, 0.2) is 10.6 Å². The predicted octanol–water partition coefficient (Wildman–Crippen LogP) is 1.63. The van der Waals surface area contributed by atoms with Crippen molar-refractivity contribution in [2.75, 3.05) is 5.43 Å². The quantitative estimate of drug-likeness (QED) is 0.589. The molecule has 5 nitrogen and oxygen atoms in total. The number of nitrogens with zero attached hydrogens (tertiary/aromatic N) is 2. The zero-order valence-corrected chi connectivity index (χ0v) is 8.87. The number of pyridine rings is 1. The van der Waals surface area contributed by atoms with E-state index in [1.54, 1.807) is 0 Å². The maximum Gasteiger partial charge on any atom is 0.260 e. The summed E-state index contributed by atoms with van der Waals surface area (Å²) < 4.78 is 5.17. The Morgan fingerprint density at radius 1 is 1.40 bits per heavy atom. The van der Waals surface area contributed by atoms with Gasteiger partial charge in [-0.3, -0.25) is 5.84 Å². The molecular formula is C10H14N4O. The third-order valence-corrected chi connectivity index (χ3v) is 2.42. The highest BCUT2D eigenvalue weighted by molar-refractivity contribution is 5.90. The lowest BCUT2D eigenvalue weighted by atomic mass is 10.1. The van der Waals surface area contributed by atoms with E-state index in [9.17, 15) is 0 Å². The first-order chi connectivity index (χ1) is 7.30. The van der Waals surface area contributed by atoms with Crippen LogP contribution in [0.25, 0.3) is 11.1 Å². The van der Waals surface area contributed by atoms with Gasteiger partial charge in [-0.05, 0) is 18.9 Å². The van der Waals surface area contributed by atoms with E-state index in [0.29, 0.717) is 5.71 Å². The molecule has 0 aromatic carbocycles. The average Bonchev–Trinajstić information content (AvgIpc) is 2.70. The summed E-state index contributed by atoms with van der Waals surface area (Å²) in [6.45, 7) is 4.05. The van der Waals surface area contributed by atoms with Crippen molar-refractivity contribution in [3.05, 3.63) is 17.5 Å². The van der Waals surface area contributed by atoms with Gasteiger partial charge >= 0.3 is 0 Å². The van der Waals surface area contributed by atoms with Gasteiger partial charge in [0, 0.05) is 5.69 Å². The second-order valence-corrected chi connectivity index (χ2v) is 3.32. The van der Waals surface area contributed by atoms with Gasteiger partial charge in [-0.15, -0.1) is 0 Å². The Hall–Kier alpha value is -1.62. The fourth-order valence-electron chi connectivity index (χ4n) is 1.60. The van der Waals surface area contributed by atoms with Crippen molar-refractivity contribution in [1.29, 1.82) is 0 Å². The fraction of sp³-hybridized carbons (Fsp3) is 0.400. The monoisotopic (exact) mass is 206 g/mol. The van der Waals surface area contributed by atoms with Crippen molar-refractivity contribution in [3.63, 3.8) is 0 Å². The van der Waals surface area contributed by atoms with E-state index in [2.05, 4.69) is 15.6 Å². The molecule has 0 amide bonds. The van der Waals surface area contributed by atoms with Crippen molar-refractivity contribution in [2.24, 2.45) is 5.84 Å². The van der Waals surface area contributed by atoms with E-state index in [0.717, 1.165) is 35.3 Å². The predicted molar refractivity (Wildman–Crippen MR) is 58.4 cm³/mol. The number of aryl methyl sites for hydroxylation is 2. The Morgan fingerprint density at radius 2 is 2.20 bits per heavy atom. The molecule has 0 fully saturated rings. The summed E-state index contributed by atoms with van der Waals surface area (Å²) in [6.07, 6.45) is 1.64. The third-order valence-electron chi connectivity index (χ3n) is 2.42. The highest BCUT2D eigenvalue weighted by Crippen LogP contribution is 2.26. The topological polar surface area (TPSA) is 77.0 Å². The van der Waals surface area contributed by atoms with Crippen molar-refractivity contribution < 1.29 is 4.52 Å². The molecule has 0 unspecified atom stereocenters. The van der Waals surface area contributed by atoms with Gasteiger partial charge in [0.2, 0.25) is 0 Å². The second kappa shape index (κ2) is 3.86. The maximum absolute atomic E-state index is 5.48. The summed E-state index contributed by atoms with van der Waals surface area (Å²) in [5, 5.41) is 4.85. The zero-order chi connectivity index (χ0) is 10.8. The van der Waals surface area contributed by atoms with E-state index in [1.807, 2.05) is 19.9 Å². The molecule has 2 rings (SSSR count). The summed E-state index contributed by atoms with van der Waals surface area (Å²) in [7, 11) is 0. The number of hydrogen-bond acceptors (Lipinski definition) is 5. The van der Waals surface area contributed by atoms with E-state index in [4.69, 9.17) is 10.4 Å². The second-order valence-electron chi connectivity index (χ2n) is 3.32. The Bertz CT molecular complexity index is 477. The molecule has 0 saturated carbocycles. The molecule has 2 heterocycles. The minimum Gasteiger partial charge on any atom is -0.335 e. The molecule has 0 radical (unpaired) electrons. The highest BCUT2D eigenvalue weighted by Gasteiger charge is 2.13. The van der Waals surface area contributed by atoms with Crippen LogP contribution in [0.3, 0.4) is 0 Å². The first-order valence-electron chi connectivity index (χ1n) is 5.04. The van der Waals surface area contributed by atoms with Gasteiger partial charge in [0.25, 0.3) is 5.71 Å². The Labute approximate surface area is 87.6 Å². The van der Waals surface area contributed by atoms with E-state index in [-0.39, 0.29) is 0 Å². The first-order valence-corrected chi connectivity index (χ1v) is 5.04. The molecule has 5 heteroatoms. The molecule has 0 aliphatic heterocycles. The smallest absolute Gasteiger partial charge is 0.260 e. The summed E-state index contributed by atoms with van der Waals surface area (Å²) >= 11 is 0. The van der Waals surface area contributed by atoms with Gasteiger partial charge in [0.15, 0.2) is 0 Å². The molecule has 3 N–H and O–H groups in total. The van der Waals surface area contributed by atoms with Crippen LogP contribution in [-0.2, 0) is 12.8 Å². The van der Waals surface area contributed by atoms with Gasteiger partial charge in [0.05, 0.1) is 16.8 Å². The van der Waals surface area contributed by atoms with Crippen LogP contribution in [0.1, 0.15) is 25.2 Å². The van der Waals surface area contributed by atoms with Gasteiger partial charge < -0.3 is 9.95 Å². The molecular weight excluding hydrogens is 192 g/mol. The largest absolute Gasteiger partial charge is 0.335 e. The lowest BCUT2D eigenvalue weighted by Gasteiger charge is -2.03. The number of hydrazine groups is 1. The van der Waals surface area contributed by atoms with Crippen LogP contribution in [0.5, 0.6) is 0 Å². The highest BCUT2D eigenvalue weighted by atomic mass is 16.5. The van der Waals surface area contributed by atoms with Gasteiger partial charge in [-0.2, -0.15) is 0 Å². The van der Waals surface area contributed by atoms with Gasteiger partial charge in [0.1, 0.15) is 0 Å². The number of anilines is 1. The number of fused-ring (bicyclic) bond motifs is 1.